The van der Waals surface area contributed by atoms with Crippen LogP contribution in [0, 0.1) is 5.82 Å². The first-order chi connectivity index (χ1) is 14.4. The van der Waals surface area contributed by atoms with Crippen molar-refractivity contribution in [3.05, 3.63) is 99.8 Å². The summed E-state index contributed by atoms with van der Waals surface area (Å²) >= 11 is 3.22. The molecule has 0 saturated carbocycles. The van der Waals surface area contributed by atoms with Gasteiger partial charge in [-0.25, -0.2) is 4.39 Å². The monoisotopic (exact) mass is 468 g/mol. The highest BCUT2D eigenvalue weighted by molar-refractivity contribution is 9.10. The van der Waals surface area contributed by atoms with Gasteiger partial charge in [0, 0.05) is 22.1 Å². The molecule has 1 unspecified atom stereocenters. The Hall–Kier alpha value is -2.99. The molecule has 3 rings (SSSR count). The first-order valence-electron chi connectivity index (χ1n) is 9.62. The fourth-order valence-corrected chi connectivity index (χ4v) is 3.38. The molecule has 30 heavy (non-hydrogen) atoms. The first-order valence-corrected chi connectivity index (χ1v) is 10.4. The lowest BCUT2D eigenvalue weighted by Crippen LogP contribution is -2.27. The summed E-state index contributed by atoms with van der Waals surface area (Å²) < 4.78 is 14.6. The van der Waals surface area contributed by atoms with Crippen LogP contribution in [0.25, 0.3) is 0 Å². The van der Waals surface area contributed by atoms with Crippen molar-refractivity contribution < 1.29 is 14.0 Å². The molecule has 3 aromatic rings. The van der Waals surface area contributed by atoms with Gasteiger partial charge in [0.2, 0.25) is 5.91 Å². The Labute approximate surface area is 183 Å². The van der Waals surface area contributed by atoms with E-state index in [1.165, 1.54) is 6.07 Å². The summed E-state index contributed by atoms with van der Waals surface area (Å²) in [7, 11) is 0. The molecule has 0 spiro atoms. The Kier molecular flexibility index (Phi) is 7.36. The maximum atomic E-state index is 13.9. The van der Waals surface area contributed by atoms with Crippen LogP contribution in [-0.4, -0.2) is 11.8 Å². The molecule has 0 aromatic heterocycles. The second kappa shape index (κ2) is 10.2. The summed E-state index contributed by atoms with van der Waals surface area (Å²) in [6, 6.07) is 20.9. The Morgan fingerprint density at radius 2 is 1.77 bits per heavy atom. The highest BCUT2D eigenvalue weighted by Gasteiger charge is 2.12. The summed E-state index contributed by atoms with van der Waals surface area (Å²) in [4.78, 5) is 24.6. The molecule has 3 aromatic carbocycles. The second-order valence-corrected chi connectivity index (χ2v) is 7.89. The number of hydrogen-bond acceptors (Lipinski definition) is 2. The van der Waals surface area contributed by atoms with Gasteiger partial charge in [0.25, 0.3) is 5.91 Å². The molecule has 4 nitrogen and oxygen atoms in total. The van der Waals surface area contributed by atoms with Crippen LogP contribution in [0.3, 0.4) is 0 Å². The van der Waals surface area contributed by atoms with Gasteiger partial charge in [-0.3, -0.25) is 9.59 Å². The number of benzene rings is 3. The summed E-state index contributed by atoms with van der Waals surface area (Å²) in [6.07, 6.45) is 0.512. The van der Waals surface area contributed by atoms with Crippen LogP contribution in [0.2, 0.25) is 0 Å². The molecule has 2 amide bonds. The van der Waals surface area contributed by atoms with E-state index in [9.17, 15) is 14.0 Å². The second-order valence-electron chi connectivity index (χ2n) is 6.97. The van der Waals surface area contributed by atoms with E-state index in [1.54, 1.807) is 30.3 Å². The van der Waals surface area contributed by atoms with Crippen LogP contribution in [-0.2, 0) is 11.2 Å². The highest BCUT2D eigenvalue weighted by Crippen LogP contribution is 2.19. The zero-order valence-electron chi connectivity index (χ0n) is 16.5. The van der Waals surface area contributed by atoms with Gasteiger partial charge < -0.3 is 10.6 Å². The highest BCUT2D eigenvalue weighted by atomic mass is 79.9. The third kappa shape index (κ3) is 6.00. The zero-order valence-corrected chi connectivity index (χ0v) is 18.1. The normalized spacial score (nSPS) is 11.6. The number of aryl methyl sites for hydroxylation is 1. The Bertz CT molecular complexity index is 1040. The fraction of sp³-hybridized carbons (Fsp3) is 0.167. The molecular formula is C24H22BrFN2O2. The molecule has 0 fully saturated rings. The van der Waals surface area contributed by atoms with Gasteiger partial charge in [0.15, 0.2) is 0 Å². The van der Waals surface area contributed by atoms with Gasteiger partial charge in [-0.05, 0) is 60.9 Å². The van der Waals surface area contributed by atoms with Crippen LogP contribution < -0.4 is 10.6 Å². The van der Waals surface area contributed by atoms with Crippen molar-refractivity contribution in [2.75, 3.05) is 5.32 Å². The van der Waals surface area contributed by atoms with Crippen LogP contribution >= 0.6 is 15.9 Å². The third-order valence-electron chi connectivity index (χ3n) is 4.69. The van der Waals surface area contributed by atoms with E-state index >= 15 is 0 Å². The van der Waals surface area contributed by atoms with Gasteiger partial charge >= 0.3 is 0 Å². The van der Waals surface area contributed by atoms with Gasteiger partial charge in [-0.1, -0.05) is 52.3 Å². The number of rotatable bonds is 7. The molecule has 0 aliphatic heterocycles. The van der Waals surface area contributed by atoms with Gasteiger partial charge in [-0.15, -0.1) is 0 Å². The van der Waals surface area contributed by atoms with Crippen molar-refractivity contribution >= 4 is 33.4 Å². The van der Waals surface area contributed by atoms with E-state index in [2.05, 4.69) is 26.6 Å². The Morgan fingerprint density at radius 3 is 2.50 bits per heavy atom. The average molecular weight is 469 g/mol. The van der Waals surface area contributed by atoms with E-state index in [4.69, 9.17) is 0 Å². The molecule has 1 atom stereocenters. The van der Waals surface area contributed by atoms with Gasteiger partial charge in [-0.2, -0.15) is 0 Å². The lowest BCUT2D eigenvalue weighted by atomic mass is 10.1. The van der Waals surface area contributed by atoms with E-state index < -0.39 is 0 Å². The van der Waals surface area contributed by atoms with E-state index in [-0.39, 0.29) is 30.1 Å². The predicted octanol–water partition coefficient (Wildman–Crippen LogP) is 5.65. The molecule has 0 saturated heterocycles. The standard InChI is InChI=1S/C24H22BrFN2O2/c1-16(27-23(29)13-11-17-10-12-20(25)15-22(17)26)19-8-5-9-21(14-19)28-24(30)18-6-3-2-4-7-18/h2-10,12,14-16H,11,13H2,1H3,(H,27,29)(H,28,30). The predicted molar refractivity (Wildman–Crippen MR) is 120 cm³/mol. The number of carbonyl (C=O) groups is 2. The maximum Gasteiger partial charge on any atom is 0.255 e. The minimum absolute atomic E-state index is 0.163. The van der Waals surface area contributed by atoms with Crippen LogP contribution in [0.1, 0.15) is 40.9 Å². The summed E-state index contributed by atoms with van der Waals surface area (Å²) in [5, 5.41) is 5.79. The summed E-state index contributed by atoms with van der Waals surface area (Å²) in [5.41, 5.74) is 2.60. The molecule has 0 heterocycles. The van der Waals surface area contributed by atoms with Crippen molar-refractivity contribution in [1.29, 1.82) is 0 Å². The number of nitrogens with one attached hydrogen (secondary N) is 2. The third-order valence-corrected chi connectivity index (χ3v) is 5.19. The topological polar surface area (TPSA) is 58.2 Å². The Balaban J connectivity index is 1.57. The lowest BCUT2D eigenvalue weighted by molar-refractivity contribution is -0.121. The zero-order chi connectivity index (χ0) is 21.5. The van der Waals surface area contributed by atoms with Crippen LogP contribution in [0.15, 0.2) is 77.3 Å². The minimum atomic E-state index is -0.327. The van der Waals surface area contributed by atoms with E-state index in [0.29, 0.717) is 27.7 Å². The number of hydrogen-bond donors (Lipinski definition) is 2. The molecule has 6 heteroatoms. The van der Waals surface area contributed by atoms with Crippen molar-refractivity contribution in [2.24, 2.45) is 0 Å². The number of anilines is 1. The average Bonchev–Trinajstić information content (AvgIpc) is 2.74. The van der Waals surface area contributed by atoms with Crippen LogP contribution in [0.4, 0.5) is 10.1 Å². The minimum Gasteiger partial charge on any atom is -0.350 e. The van der Waals surface area contributed by atoms with Gasteiger partial charge in [0.05, 0.1) is 6.04 Å². The summed E-state index contributed by atoms with van der Waals surface area (Å²) in [5.74, 6) is -0.684. The molecule has 0 bridgehead atoms. The van der Waals surface area contributed by atoms with Crippen molar-refractivity contribution in [2.45, 2.75) is 25.8 Å². The maximum absolute atomic E-state index is 13.9. The van der Waals surface area contributed by atoms with E-state index in [0.717, 1.165) is 5.56 Å². The molecule has 0 aliphatic carbocycles. The molecular weight excluding hydrogens is 447 g/mol. The molecule has 0 radical (unpaired) electrons. The SMILES string of the molecule is CC(NC(=O)CCc1ccc(Br)cc1F)c1cccc(NC(=O)c2ccccc2)c1. The van der Waals surface area contributed by atoms with E-state index in [1.807, 2.05) is 43.3 Å². The summed E-state index contributed by atoms with van der Waals surface area (Å²) in [6.45, 7) is 1.87. The Morgan fingerprint density at radius 1 is 1.00 bits per heavy atom. The van der Waals surface area contributed by atoms with Crippen molar-refractivity contribution in [3.63, 3.8) is 0 Å². The molecule has 154 valence electrons. The van der Waals surface area contributed by atoms with Crippen molar-refractivity contribution in [3.8, 4) is 0 Å². The quantitative estimate of drug-likeness (QED) is 0.470. The smallest absolute Gasteiger partial charge is 0.255 e. The first kappa shape index (κ1) is 21.7. The van der Waals surface area contributed by atoms with Gasteiger partial charge in [0.1, 0.15) is 5.82 Å². The number of amides is 2. The number of halogens is 2. The molecule has 2 N–H and O–H groups in total. The molecule has 0 aliphatic rings. The largest absolute Gasteiger partial charge is 0.350 e. The van der Waals surface area contributed by atoms with Crippen LogP contribution in [0.5, 0.6) is 0 Å². The van der Waals surface area contributed by atoms with Crippen molar-refractivity contribution in [1.82, 2.24) is 5.32 Å². The fourth-order valence-electron chi connectivity index (χ4n) is 3.05. The number of carbonyl (C=O) groups excluding carboxylic acids is 2. The lowest BCUT2D eigenvalue weighted by Gasteiger charge is -2.16.